The van der Waals surface area contributed by atoms with E-state index in [1.807, 2.05) is 60.8 Å². The smallest absolute Gasteiger partial charge is 0.309 e. The van der Waals surface area contributed by atoms with Crippen molar-refractivity contribution in [2.75, 3.05) is 45.5 Å². The number of para-hydroxylation sites is 1. The SMILES string of the molecule is CC(C)(C)CCN.COc1ccc(N)cc1.COc1ccc(N=C(NC#N)Oc2ccccc2)cc1.COc1ccc(NC(=NCCC(C)(C)C)NC#N)cc1. The Morgan fingerprint density at radius 2 is 1.12 bits per heavy atom. The zero-order chi connectivity index (χ0) is 41.8. The lowest BCUT2D eigenvalue weighted by atomic mass is 9.92. The molecule has 0 saturated carbocycles. The zero-order valence-corrected chi connectivity index (χ0v) is 34.2. The predicted molar refractivity (Wildman–Crippen MR) is 228 cm³/mol. The van der Waals surface area contributed by atoms with Gasteiger partial charge in [-0.2, -0.15) is 15.5 Å². The fourth-order valence-electron chi connectivity index (χ4n) is 4.01. The number of hydrogen-bond donors (Lipinski definition) is 5. The van der Waals surface area contributed by atoms with Gasteiger partial charge in [0.15, 0.2) is 12.4 Å². The second-order valence-corrected chi connectivity index (χ2v) is 14.3. The number of benzene rings is 4. The third-order valence-electron chi connectivity index (χ3n) is 7.09. The predicted octanol–water partition coefficient (Wildman–Crippen LogP) is 8.46. The Labute approximate surface area is 333 Å². The summed E-state index contributed by atoms with van der Waals surface area (Å²) in [6, 6.07) is 31.0. The van der Waals surface area contributed by atoms with E-state index in [0.29, 0.717) is 29.4 Å². The molecule has 0 fully saturated rings. The first-order chi connectivity index (χ1) is 26.6. The Morgan fingerprint density at radius 1 is 0.643 bits per heavy atom. The molecule has 0 amide bonds. The third-order valence-corrected chi connectivity index (χ3v) is 7.09. The lowest BCUT2D eigenvalue weighted by molar-refractivity contribution is 0.384. The van der Waals surface area contributed by atoms with E-state index in [4.69, 9.17) is 40.9 Å². The van der Waals surface area contributed by atoms with Gasteiger partial charge >= 0.3 is 6.02 Å². The lowest BCUT2D eigenvalue weighted by Crippen LogP contribution is -2.27. The molecule has 56 heavy (non-hydrogen) atoms. The summed E-state index contributed by atoms with van der Waals surface area (Å²) in [6.45, 7) is 14.5. The summed E-state index contributed by atoms with van der Waals surface area (Å²) in [7, 11) is 4.85. The summed E-state index contributed by atoms with van der Waals surface area (Å²) in [5.74, 6) is 3.42. The minimum Gasteiger partial charge on any atom is -0.497 e. The molecule has 0 aliphatic rings. The average Bonchev–Trinajstić information content (AvgIpc) is 3.16. The van der Waals surface area contributed by atoms with Gasteiger partial charge in [-0.1, -0.05) is 59.7 Å². The summed E-state index contributed by atoms with van der Waals surface area (Å²) >= 11 is 0. The maximum absolute atomic E-state index is 8.75. The van der Waals surface area contributed by atoms with Crippen molar-refractivity contribution in [3.8, 4) is 35.4 Å². The van der Waals surface area contributed by atoms with Crippen LogP contribution in [0.15, 0.2) is 113 Å². The topological polar surface area (TPSA) is 197 Å². The zero-order valence-electron chi connectivity index (χ0n) is 34.2. The summed E-state index contributed by atoms with van der Waals surface area (Å²) in [5.41, 5.74) is 13.7. The summed E-state index contributed by atoms with van der Waals surface area (Å²) in [6.07, 6.45) is 5.76. The van der Waals surface area contributed by atoms with Crippen LogP contribution in [0.25, 0.3) is 0 Å². The van der Waals surface area contributed by atoms with Gasteiger partial charge in [-0.05, 0) is 115 Å². The highest BCUT2D eigenvalue weighted by molar-refractivity contribution is 5.94. The van der Waals surface area contributed by atoms with Gasteiger partial charge in [0.25, 0.3) is 0 Å². The Balaban J connectivity index is 0.000000407. The highest BCUT2D eigenvalue weighted by Gasteiger charge is 2.09. The molecule has 4 aromatic carbocycles. The van der Waals surface area contributed by atoms with Gasteiger partial charge in [0.05, 0.1) is 27.0 Å². The normalized spacial score (nSPS) is 10.9. The van der Waals surface area contributed by atoms with Crippen molar-refractivity contribution in [1.82, 2.24) is 10.6 Å². The number of nitrogen functional groups attached to an aromatic ring is 1. The van der Waals surface area contributed by atoms with Gasteiger partial charge < -0.3 is 35.7 Å². The number of nitrogens with one attached hydrogen (secondary N) is 3. The molecule has 0 aromatic heterocycles. The van der Waals surface area contributed by atoms with Crippen molar-refractivity contribution in [3.05, 3.63) is 103 Å². The maximum Gasteiger partial charge on any atom is 0.309 e. The molecule has 0 radical (unpaired) electrons. The first-order valence-corrected chi connectivity index (χ1v) is 18.0. The Bertz CT molecular complexity index is 1790. The molecular weight excluding hydrogens is 707 g/mol. The molecule has 0 atom stereocenters. The van der Waals surface area contributed by atoms with E-state index in [-0.39, 0.29) is 11.4 Å². The van der Waals surface area contributed by atoms with Crippen LogP contribution in [-0.4, -0.2) is 46.4 Å². The first kappa shape index (κ1) is 47.6. The van der Waals surface area contributed by atoms with E-state index in [1.54, 1.807) is 76.1 Å². The molecule has 7 N–H and O–H groups in total. The van der Waals surface area contributed by atoms with Crippen LogP contribution in [0.5, 0.6) is 23.0 Å². The number of methoxy groups -OCH3 is 3. The van der Waals surface area contributed by atoms with E-state index in [1.165, 1.54) is 0 Å². The van der Waals surface area contributed by atoms with Gasteiger partial charge in [-0.15, -0.1) is 0 Å². The molecule has 0 saturated heterocycles. The van der Waals surface area contributed by atoms with Crippen LogP contribution in [0.3, 0.4) is 0 Å². The van der Waals surface area contributed by atoms with Crippen molar-refractivity contribution < 1.29 is 18.9 Å². The average molecular weight is 766 g/mol. The molecule has 0 heterocycles. The first-order valence-electron chi connectivity index (χ1n) is 18.0. The Morgan fingerprint density at radius 3 is 1.55 bits per heavy atom. The van der Waals surface area contributed by atoms with Crippen LogP contribution >= 0.6 is 0 Å². The minimum absolute atomic E-state index is 0.115. The number of nitrogens with two attached hydrogens (primary N) is 2. The molecule has 0 aliphatic heterocycles. The molecule has 4 aromatic rings. The van der Waals surface area contributed by atoms with Crippen LogP contribution in [0.2, 0.25) is 0 Å². The number of hydrogen-bond acceptors (Lipinski definition) is 10. The second kappa shape index (κ2) is 26.4. The van der Waals surface area contributed by atoms with Gasteiger partial charge in [-0.3, -0.25) is 10.3 Å². The molecular formula is C43H59N9O4. The minimum atomic E-state index is 0.115. The fraction of sp³-hybridized carbons (Fsp3) is 0.349. The second-order valence-electron chi connectivity index (χ2n) is 14.3. The molecule has 0 spiro atoms. The number of aliphatic imine (C=N–C) groups is 2. The van der Waals surface area contributed by atoms with Crippen LogP contribution in [-0.2, 0) is 0 Å². The largest absolute Gasteiger partial charge is 0.497 e. The van der Waals surface area contributed by atoms with Gasteiger partial charge in [0.2, 0.25) is 5.96 Å². The van der Waals surface area contributed by atoms with Crippen molar-refractivity contribution in [2.24, 2.45) is 26.5 Å². The summed E-state index contributed by atoms with van der Waals surface area (Å²) in [4.78, 5) is 8.60. The maximum atomic E-state index is 8.75. The molecule has 4 rings (SSSR count). The molecule has 13 heteroatoms. The Hall–Kier alpha value is -6.44. The number of guanidine groups is 1. The van der Waals surface area contributed by atoms with E-state index in [9.17, 15) is 0 Å². The number of ether oxygens (including phenoxy) is 4. The van der Waals surface area contributed by atoms with E-state index >= 15 is 0 Å². The van der Waals surface area contributed by atoms with E-state index < -0.39 is 0 Å². The lowest BCUT2D eigenvalue weighted by Gasteiger charge is -2.16. The van der Waals surface area contributed by atoms with E-state index in [0.717, 1.165) is 48.0 Å². The molecule has 0 bridgehead atoms. The number of anilines is 2. The van der Waals surface area contributed by atoms with Crippen LogP contribution in [0, 0.1) is 33.7 Å². The van der Waals surface area contributed by atoms with Crippen LogP contribution in [0.1, 0.15) is 54.4 Å². The van der Waals surface area contributed by atoms with Gasteiger partial charge in [-0.25, -0.2) is 5.32 Å². The highest BCUT2D eigenvalue weighted by atomic mass is 16.5. The summed E-state index contributed by atoms with van der Waals surface area (Å²) < 4.78 is 20.6. The fourth-order valence-corrected chi connectivity index (χ4v) is 4.01. The van der Waals surface area contributed by atoms with Crippen LogP contribution in [0.4, 0.5) is 17.1 Å². The number of nitrogens with zero attached hydrogens (tertiary/aromatic N) is 4. The van der Waals surface area contributed by atoms with Gasteiger partial charge in [0.1, 0.15) is 23.0 Å². The number of amidine groups is 1. The Kier molecular flexibility index (Phi) is 22.4. The highest BCUT2D eigenvalue weighted by Crippen LogP contribution is 2.20. The van der Waals surface area contributed by atoms with Gasteiger partial charge in [0, 0.05) is 17.9 Å². The quantitative estimate of drug-likeness (QED) is 0.0360. The van der Waals surface area contributed by atoms with Crippen molar-refractivity contribution in [1.29, 1.82) is 10.5 Å². The molecule has 300 valence electrons. The monoisotopic (exact) mass is 765 g/mol. The van der Waals surface area contributed by atoms with Crippen molar-refractivity contribution >= 4 is 29.0 Å². The standard InChI is InChI=1S/C15H22N4O.C15H13N3O2.C7H9NO.C6H15N/c1-15(2,3)9-10-17-14(18-11-16)19-12-5-7-13(20-4)8-6-12;1-19-13-9-7-12(8-10-13)18-15(17-11-16)20-14-5-3-2-4-6-14;1-9-7-4-2-6(8)3-5-7;1-6(2,3)4-5-7/h5-8H,9-10H2,1-4H3,(H2,17,18,19);2-10H,1H3,(H,17,18);2-5H,8H2,1H3;4-5,7H2,1-3H3. The molecule has 13 nitrogen and oxygen atoms in total. The van der Waals surface area contributed by atoms with Crippen molar-refractivity contribution in [2.45, 2.75) is 54.4 Å². The molecule has 0 unspecified atom stereocenters. The number of rotatable bonds is 9. The third kappa shape index (κ3) is 23.3. The van der Waals surface area contributed by atoms with Crippen molar-refractivity contribution in [3.63, 3.8) is 0 Å². The van der Waals surface area contributed by atoms with Crippen LogP contribution < -0.4 is 46.4 Å². The molecule has 0 aliphatic carbocycles. The summed E-state index contributed by atoms with van der Waals surface area (Å²) in [5, 5.41) is 25.5. The number of nitriles is 2. The van der Waals surface area contributed by atoms with E-state index in [2.05, 4.69) is 67.5 Å².